The highest BCUT2D eigenvalue weighted by molar-refractivity contribution is 5.82. The Hall–Kier alpha value is -1.32. The van der Waals surface area contributed by atoms with Gasteiger partial charge >= 0.3 is 11.9 Å². The minimum absolute atomic E-state index is 0.162. The van der Waals surface area contributed by atoms with Gasteiger partial charge in [-0.1, -0.05) is 77.4 Å². The van der Waals surface area contributed by atoms with Crippen molar-refractivity contribution in [1.82, 2.24) is 0 Å². The Morgan fingerprint density at radius 3 is 1.82 bits per heavy atom. The van der Waals surface area contributed by atoms with Crippen molar-refractivity contribution < 1.29 is 19.1 Å². The number of ether oxygens (including phenoxy) is 2. The van der Waals surface area contributed by atoms with Crippen LogP contribution in [-0.4, -0.2) is 24.6 Å². The van der Waals surface area contributed by atoms with Crippen molar-refractivity contribution in [1.29, 1.82) is 0 Å². The monoisotopic (exact) mass is 394 g/mol. The maximum Gasteiger partial charge on any atom is 0.310 e. The highest BCUT2D eigenvalue weighted by atomic mass is 16.5. The standard InChI is InChI=1S/C24H42O4/c1-19(2)15-11-9-7-5-6-8-10-14-18-27-23(25)21-16-12-13-17-22(21)24(26)28-20(3)4/h12-13,19-22H,5-11,14-18H2,1-4H3. The Bertz CT molecular complexity index is 467. The number of rotatable bonds is 14. The lowest BCUT2D eigenvalue weighted by atomic mass is 9.83. The number of hydrogen-bond acceptors (Lipinski definition) is 4. The van der Waals surface area contributed by atoms with E-state index in [9.17, 15) is 9.59 Å². The second-order valence-electron chi connectivity index (χ2n) is 8.82. The van der Waals surface area contributed by atoms with E-state index in [0.29, 0.717) is 19.4 Å². The third-order valence-corrected chi connectivity index (χ3v) is 5.31. The molecule has 2 unspecified atom stereocenters. The minimum atomic E-state index is -0.407. The first kappa shape index (κ1) is 24.7. The van der Waals surface area contributed by atoms with E-state index in [1.807, 2.05) is 26.0 Å². The van der Waals surface area contributed by atoms with Gasteiger partial charge in [-0.2, -0.15) is 0 Å². The first-order valence-corrected chi connectivity index (χ1v) is 11.4. The first-order chi connectivity index (χ1) is 13.4. The van der Waals surface area contributed by atoms with Crippen molar-refractivity contribution in [3.63, 3.8) is 0 Å². The van der Waals surface area contributed by atoms with Gasteiger partial charge in [0.15, 0.2) is 0 Å². The highest BCUT2D eigenvalue weighted by Gasteiger charge is 2.36. The van der Waals surface area contributed by atoms with Gasteiger partial charge in [0, 0.05) is 0 Å². The molecule has 162 valence electrons. The molecule has 4 nitrogen and oxygen atoms in total. The van der Waals surface area contributed by atoms with Crippen molar-refractivity contribution in [3.8, 4) is 0 Å². The van der Waals surface area contributed by atoms with Crippen LogP contribution < -0.4 is 0 Å². The van der Waals surface area contributed by atoms with Crippen LogP contribution in [-0.2, 0) is 19.1 Å². The summed E-state index contributed by atoms with van der Waals surface area (Å²) in [6.45, 7) is 8.69. The van der Waals surface area contributed by atoms with E-state index in [-0.39, 0.29) is 18.0 Å². The normalized spacial score (nSPS) is 19.2. The summed E-state index contributed by atoms with van der Waals surface area (Å²) in [5.41, 5.74) is 0. The zero-order chi connectivity index (χ0) is 20.8. The molecule has 1 rings (SSSR count). The van der Waals surface area contributed by atoms with Gasteiger partial charge in [-0.3, -0.25) is 9.59 Å². The number of hydrogen-bond donors (Lipinski definition) is 0. The minimum Gasteiger partial charge on any atom is -0.465 e. The molecule has 0 aromatic heterocycles. The van der Waals surface area contributed by atoms with Crippen LogP contribution in [0.1, 0.15) is 98.3 Å². The Kier molecular flexibility index (Phi) is 12.9. The van der Waals surface area contributed by atoms with Crippen molar-refractivity contribution in [2.45, 2.75) is 104 Å². The molecule has 0 aromatic rings. The van der Waals surface area contributed by atoms with Crippen LogP contribution in [0.4, 0.5) is 0 Å². The molecule has 0 radical (unpaired) electrons. The number of unbranched alkanes of at least 4 members (excludes halogenated alkanes) is 7. The molecule has 2 atom stereocenters. The van der Waals surface area contributed by atoms with Crippen molar-refractivity contribution in [2.75, 3.05) is 6.61 Å². The van der Waals surface area contributed by atoms with Crippen LogP contribution in [0.3, 0.4) is 0 Å². The van der Waals surface area contributed by atoms with Gasteiger partial charge in [-0.15, -0.1) is 0 Å². The van der Waals surface area contributed by atoms with E-state index in [2.05, 4.69) is 13.8 Å². The molecule has 0 heterocycles. The zero-order valence-electron chi connectivity index (χ0n) is 18.6. The van der Waals surface area contributed by atoms with Gasteiger partial charge in [0.2, 0.25) is 0 Å². The molecule has 0 fully saturated rings. The summed E-state index contributed by atoms with van der Waals surface area (Å²) in [5.74, 6) is -0.518. The van der Waals surface area contributed by atoms with E-state index in [1.165, 1.54) is 44.9 Å². The first-order valence-electron chi connectivity index (χ1n) is 11.4. The zero-order valence-corrected chi connectivity index (χ0v) is 18.6. The van der Waals surface area contributed by atoms with Gasteiger partial charge in [-0.05, 0) is 39.0 Å². The van der Waals surface area contributed by atoms with E-state index in [4.69, 9.17) is 9.47 Å². The quantitative estimate of drug-likeness (QED) is 0.199. The topological polar surface area (TPSA) is 52.6 Å². The molecular formula is C24H42O4. The summed E-state index contributed by atoms with van der Waals surface area (Å²) in [6, 6.07) is 0. The number of allylic oxidation sites excluding steroid dienone is 2. The Balaban J connectivity index is 2.12. The summed E-state index contributed by atoms with van der Waals surface area (Å²) >= 11 is 0. The molecule has 0 saturated carbocycles. The molecule has 0 N–H and O–H groups in total. The summed E-state index contributed by atoms with van der Waals surface area (Å²) in [4.78, 5) is 24.7. The summed E-state index contributed by atoms with van der Waals surface area (Å²) < 4.78 is 10.8. The molecule has 0 spiro atoms. The second-order valence-corrected chi connectivity index (χ2v) is 8.82. The fourth-order valence-corrected chi connectivity index (χ4v) is 3.65. The molecule has 0 saturated heterocycles. The third-order valence-electron chi connectivity index (χ3n) is 5.31. The van der Waals surface area contributed by atoms with E-state index >= 15 is 0 Å². The predicted octanol–water partition coefficient (Wildman–Crippen LogP) is 6.23. The lowest BCUT2D eigenvalue weighted by Gasteiger charge is -2.26. The van der Waals surface area contributed by atoms with Gasteiger partial charge in [0.1, 0.15) is 0 Å². The second kappa shape index (κ2) is 14.6. The largest absolute Gasteiger partial charge is 0.465 e. The SMILES string of the molecule is CC(C)CCCCCCCCCCOC(=O)C1CC=CCC1C(=O)OC(C)C. The van der Waals surface area contributed by atoms with Crippen LogP contribution in [0.2, 0.25) is 0 Å². The van der Waals surface area contributed by atoms with Crippen molar-refractivity contribution >= 4 is 11.9 Å². The van der Waals surface area contributed by atoms with Gasteiger partial charge in [-0.25, -0.2) is 0 Å². The van der Waals surface area contributed by atoms with E-state index < -0.39 is 11.8 Å². The third kappa shape index (κ3) is 10.9. The average molecular weight is 395 g/mol. The maximum absolute atomic E-state index is 12.4. The average Bonchev–Trinajstić information content (AvgIpc) is 2.65. The highest BCUT2D eigenvalue weighted by Crippen LogP contribution is 2.28. The number of esters is 2. The van der Waals surface area contributed by atoms with E-state index in [0.717, 1.165) is 18.8 Å². The van der Waals surface area contributed by atoms with Crippen LogP contribution in [0.15, 0.2) is 12.2 Å². The fourth-order valence-electron chi connectivity index (χ4n) is 3.65. The number of carbonyl (C=O) groups excluding carboxylic acids is 2. The van der Waals surface area contributed by atoms with Crippen LogP contribution in [0, 0.1) is 17.8 Å². The maximum atomic E-state index is 12.4. The Labute approximate surface area is 172 Å². The van der Waals surface area contributed by atoms with Gasteiger partial charge in [0.05, 0.1) is 24.5 Å². The van der Waals surface area contributed by atoms with Crippen LogP contribution in [0.25, 0.3) is 0 Å². The molecule has 1 aliphatic carbocycles. The number of carbonyl (C=O) groups is 2. The Morgan fingerprint density at radius 2 is 1.29 bits per heavy atom. The van der Waals surface area contributed by atoms with Crippen LogP contribution in [0.5, 0.6) is 0 Å². The molecule has 0 bridgehead atoms. The van der Waals surface area contributed by atoms with Crippen LogP contribution >= 0.6 is 0 Å². The molecule has 0 aliphatic heterocycles. The predicted molar refractivity (Wildman–Crippen MR) is 114 cm³/mol. The molecule has 4 heteroatoms. The molecule has 0 amide bonds. The molecule has 1 aliphatic rings. The fraction of sp³-hybridized carbons (Fsp3) is 0.833. The Morgan fingerprint density at radius 1 is 0.786 bits per heavy atom. The summed E-state index contributed by atoms with van der Waals surface area (Å²) in [5, 5.41) is 0. The smallest absolute Gasteiger partial charge is 0.310 e. The lowest BCUT2D eigenvalue weighted by Crippen LogP contribution is -2.34. The molecule has 28 heavy (non-hydrogen) atoms. The van der Waals surface area contributed by atoms with Gasteiger partial charge in [0.25, 0.3) is 0 Å². The lowest BCUT2D eigenvalue weighted by molar-refractivity contribution is -0.163. The van der Waals surface area contributed by atoms with Gasteiger partial charge < -0.3 is 9.47 Å². The molecule has 0 aromatic carbocycles. The van der Waals surface area contributed by atoms with Crippen molar-refractivity contribution in [3.05, 3.63) is 12.2 Å². The summed E-state index contributed by atoms with van der Waals surface area (Å²) in [7, 11) is 0. The van der Waals surface area contributed by atoms with Crippen molar-refractivity contribution in [2.24, 2.45) is 17.8 Å². The molecular weight excluding hydrogens is 352 g/mol. The summed E-state index contributed by atoms with van der Waals surface area (Å²) in [6.07, 6.45) is 16.1. The van der Waals surface area contributed by atoms with E-state index in [1.54, 1.807) is 0 Å².